The molecule has 1 aromatic rings. The van der Waals surface area contributed by atoms with Crippen LogP contribution in [0.5, 0.6) is 0 Å². The summed E-state index contributed by atoms with van der Waals surface area (Å²) in [6, 6.07) is 4.39. The molecule has 1 amide bonds. The Hall–Kier alpha value is -0.870. The minimum Gasteiger partial charge on any atom is -0.353 e. The highest BCUT2D eigenvalue weighted by Crippen LogP contribution is 2.28. The van der Waals surface area contributed by atoms with Gasteiger partial charge in [-0.2, -0.15) is 0 Å². The van der Waals surface area contributed by atoms with Gasteiger partial charge in [-0.3, -0.25) is 4.79 Å². The fraction of sp³-hybridized carbons (Fsp3) is 0.643. The topological polar surface area (TPSA) is 41.1 Å². The summed E-state index contributed by atoms with van der Waals surface area (Å²) in [5.41, 5.74) is -0.186. The van der Waals surface area contributed by atoms with Gasteiger partial charge in [0.25, 0.3) is 0 Å². The third-order valence-electron chi connectivity index (χ3n) is 3.72. The Bertz CT molecular complexity index is 383. The molecule has 4 heteroatoms. The van der Waals surface area contributed by atoms with Crippen molar-refractivity contribution in [2.24, 2.45) is 5.41 Å². The molecule has 1 saturated heterocycles. The first-order chi connectivity index (χ1) is 8.60. The second-order valence-corrected chi connectivity index (χ2v) is 6.50. The van der Waals surface area contributed by atoms with Gasteiger partial charge in [-0.25, -0.2) is 0 Å². The standard InChI is InChI=1S/C14H22N2OS/c1-11(10-12-4-3-9-18-12)16-13(17)14(2)5-7-15-8-6-14/h3-4,9,11,15H,5-8,10H2,1-2H3,(H,16,17). The molecule has 2 rings (SSSR count). The van der Waals surface area contributed by atoms with Crippen LogP contribution in [0.4, 0.5) is 0 Å². The van der Waals surface area contributed by atoms with Crippen molar-refractivity contribution in [3.8, 4) is 0 Å². The van der Waals surface area contributed by atoms with Crippen molar-refractivity contribution in [2.75, 3.05) is 13.1 Å². The molecule has 1 atom stereocenters. The summed E-state index contributed by atoms with van der Waals surface area (Å²) in [6.07, 6.45) is 2.80. The number of carbonyl (C=O) groups is 1. The molecule has 0 aromatic carbocycles. The Balaban J connectivity index is 1.86. The molecule has 1 fully saturated rings. The first-order valence-corrected chi connectivity index (χ1v) is 7.52. The molecular weight excluding hydrogens is 244 g/mol. The molecule has 1 aliphatic rings. The first-order valence-electron chi connectivity index (χ1n) is 6.64. The molecular formula is C14H22N2OS. The number of nitrogens with one attached hydrogen (secondary N) is 2. The molecule has 100 valence electrons. The minimum absolute atomic E-state index is 0.186. The number of rotatable bonds is 4. The Kier molecular flexibility index (Phi) is 4.40. The third kappa shape index (κ3) is 3.33. The van der Waals surface area contributed by atoms with Gasteiger partial charge < -0.3 is 10.6 Å². The highest BCUT2D eigenvalue weighted by Gasteiger charge is 2.34. The molecule has 0 bridgehead atoms. The van der Waals surface area contributed by atoms with Crippen LogP contribution in [-0.4, -0.2) is 25.0 Å². The van der Waals surface area contributed by atoms with E-state index in [9.17, 15) is 4.79 Å². The highest BCUT2D eigenvalue weighted by atomic mass is 32.1. The molecule has 0 aliphatic carbocycles. The van der Waals surface area contributed by atoms with E-state index in [1.807, 2.05) is 0 Å². The van der Waals surface area contributed by atoms with E-state index in [0.29, 0.717) is 0 Å². The van der Waals surface area contributed by atoms with Gasteiger partial charge in [0.15, 0.2) is 0 Å². The number of thiophene rings is 1. The van der Waals surface area contributed by atoms with Gasteiger partial charge in [-0.05, 0) is 44.3 Å². The van der Waals surface area contributed by atoms with E-state index in [1.165, 1.54) is 4.88 Å². The Labute approximate surface area is 113 Å². The molecule has 2 N–H and O–H groups in total. The number of piperidine rings is 1. The van der Waals surface area contributed by atoms with Crippen molar-refractivity contribution in [1.29, 1.82) is 0 Å². The smallest absolute Gasteiger partial charge is 0.226 e. The van der Waals surface area contributed by atoms with E-state index < -0.39 is 0 Å². The van der Waals surface area contributed by atoms with Crippen molar-refractivity contribution in [1.82, 2.24) is 10.6 Å². The van der Waals surface area contributed by atoms with Gasteiger partial charge in [0.1, 0.15) is 0 Å². The molecule has 0 radical (unpaired) electrons. The van der Waals surface area contributed by atoms with Gasteiger partial charge in [0.2, 0.25) is 5.91 Å². The largest absolute Gasteiger partial charge is 0.353 e. The SMILES string of the molecule is CC(Cc1cccs1)NC(=O)C1(C)CCNCC1. The number of hydrogen-bond acceptors (Lipinski definition) is 3. The summed E-state index contributed by atoms with van der Waals surface area (Å²) >= 11 is 1.75. The fourth-order valence-electron chi connectivity index (χ4n) is 2.39. The Morgan fingerprint density at radius 3 is 2.89 bits per heavy atom. The van der Waals surface area contributed by atoms with Crippen LogP contribution in [0.1, 0.15) is 31.6 Å². The third-order valence-corrected chi connectivity index (χ3v) is 4.62. The molecule has 0 spiro atoms. The highest BCUT2D eigenvalue weighted by molar-refractivity contribution is 7.09. The maximum Gasteiger partial charge on any atom is 0.226 e. The van der Waals surface area contributed by atoms with E-state index in [1.54, 1.807) is 11.3 Å². The van der Waals surface area contributed by atoms with Crippen LogP contribution in [0.25, 0.3) is 0 Å². The normalized spacial score (nSPS) is 20.3. The van der Waals surface area contributed by atoms with Crippen molar-refractivity contribution in [3.63, 3.8) is 0 Å². The summed E-state index contributed by atoms with van der Waals surface area (Å²) in [6.45, 7) is 6.07. The van der Waals surface area contributed by atoms with E-state index >= 15 is 0 Å². The van der Waals surface area contributed by atoms with Crippen molar-refractivity contribution in [2.45, 2.75) is 39.2 Å². The monoisotopic (exact) mass is 266 g/mol. The van der Waals surface area contributed by atoms with E-state index in [4.69, 9.17) is 0 Å². The minimum atomic E-state index is -0.186. The predicted molar refractivity (Wildman–Crippen MR) is 75.8 cm³/mol. The summed E-state index contributed by atoms with van der Waals surface area (Å²) in [7, 11) is 0. The van der Waals surface area contributed by atoms with Gasteiger partial charge in [0.05, 0.1) is 0 Å². The quantitative estimate of drug-likeness (QED) is 0.877. The summed E-state index contributed by atoms with van der Waals surface area (Å²) < 4.78 is 0. The van der Waals surface area contributed by atoms with Crippen LogP contribution in [0, 0.1) is 5.41 Å². The van der Waals surface area contributed by atoms with E-state index in [-0.39, 0.29) is 17.4 Å². The average Bonchev–Trinajstić information content (AvgIpc) is 2.82. The first kappa shape index (κ1) is 13.6. The maximum atomic E-state index is 12.3. The van der Waals surface area contributed by atoms with Gasteiger partial charge in [0, 0.05) is 22.8 Å². The summed E-state index contributed by atoms with van der Waals surface area (Å²) in [5, 5.41) is 8.56. The van der Waals surface area contributed by atoms with E-state index in [0.717, 1.165) is 32.4 Å². The van der Waals surface area contributed by atoms with Gasteiger partial charge >= 0.3 is 0 Å². The molecule has 0 saturated carbocycles. The number of hydrogen-bond donors (Lipinski definition) is 2. The van der Waals surface area contributed by atoms with E-state index in [2.05, 4.69) is 42.0 Å². The zero-order chi connectivity index (χ0) is 13.0. The lowest BCUT2D eigenvalue weighted by atomic mass is 9.80. The number of carbonyl (C=O) groups excluding carboxylic acids is 1. The zero-order valence-corrected chi connectivity index (χ0v) is 12.0. The Morgan fingerprint density at radius 1 is 1.56 bits per heavy atom. The zero-order valence-electron chi connectivity index (χ0n) is 11.2. The molecule has 2 heterocycles. The second-order valence-electron chi connectivity index (χ2n) is 5.47. The molecule has 18 heavy (non-hydrogen) atoms. The summed E-state index contributed by atoms with van der Waals surface area (Å²) in [5.74, 6) is 0.216. The lowest BCUT2D eigenvalue weighted by molar-refractivity contribution is -0.132. The van der Waals surface area contributed by atoms with Crippen molar-refractivity contribution < 1.29 is 4.79 Å². The summed E-state index contributed by atoms with van der Waals surface area (Å²) in [4.78, 5) is 13.7. The van der Waals surface area contributed by atoms with Crippen LogP contribution >= 0.6 is 11.3 Å². The van der Waals surface area contributed by atoms with Crippen LogP contribution in [0.3, 0.4) is 0 Å². The second kappa shape index (κ2) is 5.85. The van der Waals surface area contributed by atoms with Crippen molar-refractivity contribution >= 4 is 17.2 Å². The predicted octanol–water partition coefficient (Wildman–Crippen LogP) is 2.18. The van der Waals surface area contributed by atoms with Crippen LogP contribution in [-0.2, 0) is 11.2 Å². The Morgan fingerprint density at radius 2 is 2.28 bits per heavy atom. The van der Waals surface area contributed by atoms with Crippen molar-refractivity contribution in [3.05, 3.63) is 22.4 Å². The maximum absolute atomic E-state index is 12.3. The molecule has 1 aromatic heterocycles. The van der Waals surface area contributed by atoms with Crippen LogP contribution in [0.15, 0.2) is 17.5 Å². The van der Waals surface area contributed by atoms with Gasteiger partial charge in [-0.1, -0.05) is 13.0 Å². The lowest BCUT2D eigenvalue weighted by Gasteiger charge is -2.33. The molecule has 3 nitrogen and oxygen atoms in total. The molecule has 1 unspecified atom stereocenters. The number of amides is 1. The fourth-order valence-corrected chi connectivity index (χ4v) is 3.22. The van der Waals surface area contributed by atoms with Crippen LogP contribution < -0.4 is 10.6 Å². The lowest BCUT2D eigenvalue weighted by Crippen LogP contribution is -2.48. The molecule has 1 aliphatic heterocycles. The average molecular weight is 266 g/mol. The van der Waals surface area contributed by atoms with Gasteiger partial charge in [-0.15, -0.1) is 11.3 Å². The van der Waals surface area contributed by atoms with Crippen LogP contribution in [0.2, 0.25) is 0 Å².